The zero-order valence-electron chi connectivity index (χ0n) is 11.2. The number of hydrogen-bond acceptors (Lipinski definition) is 4. The number of hydrogen-bond donors (Lipinski definition) is 1. The number of nitrogens with two attached hydrogens (primary N) is 1. The topological polar surface area (TPSA) is 47.7 Å². The lowest BCUT2D eigenvalue weighted by molar-refractivity contribution is -0.0546. The van der Waals surface area contributed by atoms with E-state index in [1.807, 2.05) is 24.3 Å². The number of benzene rings is 1. The van der Waals surface area contributed by atoms with E-state index < -0.39 is 0 Å². The van der Waals surface area contributed by atoms with Crippen molar-refractivity contribution in [2.75, 3.05) is 38.6 Å². The summed E-state index contributed by atoms with van der Waals surface area (Å²) in [7, 11) is 0. The van der Waals surface area contributed by atoms with Crippen LogP contribution in [0.4, 0.5) is 5.69 Å². The van der Waals surface area contributed by atoms with E-state index in [1.165, 1.54) is 0 Å². The van der Waals surface area contributed by atoms with Gasteiger partial charge in [-0.05, 0) is 26.0 Å². The first-order valence-corrected chi connectivity index (χ1v) is 6.40. The maximum atomic E-state index is 5.83. The fraction of sp³-hybridized carbons (Fsp3) is 0.571. The highest BCUT2D eigenvalue weighted by Gasteiger charge is 2.29. The molecule has 18 heavy (non-hydrogen) atoms. The lowest BCUT2D eigenvalue weighted by Gasteiger charge is -2.41. The molecule has 0 aliphatic carbocycles. The van der Waals surface area contributed by atoms with Crippen LogP contribution in [0.5, 0.6) is 5.75 Å². The Morgan fingerprint density at radius 3 is 2.89 bits per heavy atom. The smallest absolute Gasteiger partial charge is 0.142 e. The molecule has 0 bridgehead atoms. The summed E-state index contributed by atoms with van der Waals surface area (Å²) in [5, 5.41) is 0. The molecule has 2 N–H and O–H groups in total. The van der Waals surface area contributed by atoms with E-state index in [0.717, 1.165) is 32.1 Å². The molecular weight excluding hydrogens is 228 g/mol. The number of para-hydroxylation sites is 2. The molecule has 1 heterocycles. The summed E-state index contributed by atoms with van der Waals surface area (Å²) < 4.78 is 11.2. The second-order valence-corrected chi connectivity index (χ2v) is 5.24. The summed E-state index contributed by atoms with van der Waals surface area (Å²) in [6.45, 7) is 8.48. The van der Waals surface area contributed by atoms with Gasteiger partial charge in [-0.2, -0.15) is 0 Å². The zero-order chi connectivity index (χ0) is 13.0. The molecule has 0 amide bonds. The summed E-state index contributed by atoms with van der Waals surface area (Å²) in [5.74, 6) is 0.767. The molecule has 1 aliphatic rings. The van der Waals surface area contributed by atoms with Crippen molar-refractivity contribution in [3.05, 3.63) is 24.3 Å². The third-order valence-corrected chi connectivity index (χ3v) is 3.35. The average molecular weight is 250 g/mol. The van der Waals surface area contributed by atoms with E-state index in [4.69, 9.17) is 15.2 Å². The van der Waals surface area contributed by atoms with Gasteiger partial charge >= 0.3 is 0 Å². The van der Waals surface area contributed by atoms with Crippen LogP contribution in [0.2, 0.25) is 0 Å². The monoisotopic (exact) mass is 250 g/mol. The fourth-order valence-corrected chi connectivity index (χ4v) is 2.18. The summed E-state index contributed by atoms with van der Waals surface area (Å²) >= 11 is 0. The first-order valence-electron chi connectivity index (χ1n) is 6.40. The standard InChI is InChI=1S/C14H22N2O2/c1-14(2)11-17-9-7-16(14)8-10-18-13-6-4-3-5-12(13)15/h3-6H,7-11,15H2,1-2H3. The Balaban J connectivity index is 1.83. The van der Waals surface area contributed by atoms with Crippen molar-refractivity contribution in [3.8, 4) is 5.75 Å². The number of nitrogens with zero attached hydrogens (tertiary/aromatic N) is 1. The summed E-state index contributed by atoms with van der Waals surface area (Å²) in [6, 6.07) is 7.60. The molecule has 4 heteroatoms. The number of ether oxygens (including phenoxy) is 2. The third kappa shape index (κ3) is 3.15. The van der Waals surface area contributed by atoms with Crippen LogP contribution in [0, 0.1) is 0 Å². The maximum Gasteiger partial charge on any atom is 0.142 e. The average Bonchev–Trinajstić information content (AvgIpc) is 2.33. The maximum absolute atomic E-state index is 5.83. The van der Waals surface area contributed by atoms with Gasteiger partial charge in [-0.3, -0.25) is 4.90 Å². The van der Waals surface area contributed by atoms with E-state index in [9.17, 15) is 0 Å². The van der Waals surface area contributed by atoms with Gasteiger partial charge in [0.2, 0.25) is 0 Å². The summed E-state index contributed by atoms with van der Waals surface area (Å²) in [6.07, 6.45) is 0. The van der Waals surface area contributed by atoms with E-state index in [0.29, 0.717) is 12.3 Å². The molecule has 1 aliphatic heterocycles. The molecular formula is C14H22N2O2. The molecule has 1 aromatic carbocycles. The summed E-state index contributed by atoms with van der Waals surface area (Å²) in [5.41, 5.74) is 6.61. The van der Waals surface area contributed by atoms with Crippen molar-refractivity contribution in [1.82, 2.24) is 4.90 Å². The van der Waals surface area contributed by atoms with Gasteiger partial charge in [0.25, 0.3) is 0 Å². The Morgan fingerprint density at radius 2 is 2.17 bits per heavy atom. The van der Waals surface area contributed by atoms with Gasteiger partial charge in [-0.15, -0.1) is 0 Å². The highest BCUT2D eigenvalue weighted by Crippen LogP contribution is 2.21. The molecule has 0 spiro atoms. The number of morpholine rings is 1. The number of rotatable bonds is 4. The van der Waals surface area contributed by atoms with Crippen LogP contribution < -0.4 is 10.5 Å². The Hall–Kier alpha value is -1.26. The van der Waals surface area contributed by atoms with E-state index in [2.05, 4.69) is 18.7 Å². The first kappa shape index (κ1) is 13.2. The minimum Gasteiger partial charge on any atom is -0.490 e. The van der Waals surface area contributed by atoms with Crippen LogP contribution in [-0.4, -0.2) is 43.3 Å². The third-order valence-electron chi connectivity index (χ3n) is 3.35. The van der Waals surface area contributed by atoms with Gasteiger partial charge in [0.15, 0.2) is 0 Å². The van der Waals surface area contributed by atoms with Crippen LogP contribution in [-0.2, 0) is 4.74 Å². The summed E-state index contributed by atoms with van der Waals surface area (Å²) in [4.78, 5) is 2.40. The molecule has 0 unspecified atom stereocenters. The molecule has 0 radical (unpaired) electrons. The van der Waals surface area contributed by atoms with Crippen molar-refractivity contribution in [3.63, 3.8) is 0 Å². The molecule has 1 fully saturated rings. The van der Waals surface area contributed by atoms with Gasteiger partial charge in [0.1, 0.15) is 12.4 Å². The van der Waals surface area contributed by atoms with Crippen molar-refractivity contribution < 1.29 is 9.47 Å². The molecule has 0 saturated carbocycles. The van der Waals surface area contributed by atoms with Gasteiger partial charge in [0.05, 0.1) is 18.9 Å². The van der Waals surface area contributed by atoms with E-state index in [1.54, 1.807) is 0 Å². The van der Waals surface area contributed by atoms with Crippen LogP contribution in [0.1, 0.15) is 13.8 Å². The Bertz CT molecular complexity index is 393. The van der Waals surface area contributed by atoms with Crippen LogP contribution in [0.25, 0.3) is 0 Å². The molecule has 1 saturated heterocycles. The van der Waals surface area contributed by atoms with Gasteiger partial charge in [0, 0.05) is 18.6 Å². The van der Waals surface area contributed by atoms with Gasteiger partial charge < -0.3 is 15.2 Å². The normalized spacial score (nSPS) is 19.7. The van der Waals surface area contributed by atoms with Gasteiger partial charge in [-0.1, -0.05) is 12.1 Å². The SMILES string of the molecule is CC1(C)COCCN1CCOc1ccccc1N. The molecule has 0 aromatic heterocycles. The van der Waals surface area contributed by atoms with Crippen molar-refractivity contribution in [2.45, 2.75) is 19.4 Å². The minimum absolute atomic E-state index is 0.0871. The second-order valence-electron chi connectivity index (χ2n) is 5.24. The highest BCUT2D eigenvalue weighted by atomic mass is 16.5. The van der Waals surface area contributed by atoms with Crippen molar-refractivity contribution in [1.29, 1.82) is 0 Å². The van der Waals surface area contributed by atoms with E-state index >= 15 is 0 Å². The molecule has 4 nitrogen and oxygen atoms in total. The second kappa shape index (κ2) is 5.59. The number of anilines is 1. The Labute approximate surface area is 109 Å². The molecule has 0 atom stereocenters. The molecule has 100 valence electrons. The molecule has 1 aromatic rings. The van der Waals surface area contributed by atoms with Gasteiger partial charge in [-0.25, -0.2) is 0 Å². The van der Waals surface area contributed by atoms with Crippen LogP contribution >= 0.6 is 0 Å². The fourth-order valence-electron chi connectivity index (χ4n) is 2.18. The van der Waals surface area contributed by atoms with Crippen molar-refractivity contribution in [2.24, 2.45) is 0 Å². The Morgan fingerprint density at radius 1 is 1.39 bits per heavy atom. The molecule has 2 rings (SSSR count). The van der Waals surface area contributed by atoms with Crippen molar-refractivity contribution >= 4 is 5.69 Å². The zero-order valence-corrected chi connectivity index (χ0v) is 11.2. The first-order chi connectivity index (χ1) is 8.59. The lowest BCUT2D eigenvalue weighted by Crippen LogP contribution is -2.54. The van der Waals surface area contributed by atoms with Crippen LogP contribution in [0.3, 0.4) is 0 Å². The number of nitrogen functional groups attached to an aromatic ring is 1. The largest absolute Gasteiger partial charge is 0.490 e. The predicted octanol–water partition coefficient (Wildman–Crippen LogP) is 1.76. The van der Waals surface area contributed by atoms with Crippen LogP contribution in [0.15, 0.2) is 24.3 Å². The van der Waals surface area contributed by atoms with E-state index in [-0.39, 0.29) is 5.54 Å². The Kier molecular flexibility index (Phi) is 4.09. The minimum atomic E-state index is 0.0871. The lowest BCUT2D eigenvalue weighted by atomic mass is 10.0. The predicted molar refractivity (Wildman–Crippen MR) is 72.8 cm³/mol. The highest BCUT2D eigenvalue weighted by molar-refractivity contribution is 5.51. The quantitative estimate of drug-likeness (QED) is 0.827.